The predicted octanol–water partition coefficient (Wildman–Crippen LogP) is 4.39. The maximum absolute atomic E-state index is 13.7. The van der Waals surface area contributed by atoms with Crippen LogP contribution in [0.2, 0.25) is 0 Å². The molecule has 2 amide bonds. The van der Waals surface area contributed by atoms with E-state index in [4.69, 9.17) is 9.84 Å². The second-order valence-corrected chi connectivity index (χ2v) is 9.92. The minimum Gasteiger partial charge on any atom is -0.376 e. The van der Waals surface area contributed by atoms with Gasteiger partial charge in [-0.2, -0.15) is 5.10 Å². The van der Waals surface area contributed by atoms with Crippen molar-refractivity contribution in [3.8, 4) is 16.9 Å². The highest BCUT2D eigenvalue weighted by Crippen LogP contribution is 2.28. The largest absolute Gasteiger partial charge is 0.376 e. The van der Waals surface area contributed by atoms with E-state index in [0.717, 1.165) is 49.1 Å². The van der Waals surface area contributed by atoms with Gasteiger partial charge in [0.2, 0.25) is 5.91 Å². The molecule has 0 radical (unpaired) electrons. The summed E-state index contributed by atoms with van der Waals surface area (Å²) in [6.45, 7) is 4.73. The van der Waals surface area contributed by atoms with Crippen LogP contribution < -0.4 is 5.32 Å². The molecule has 5 rings (SSSR count). The molecule has 1 atom stereocenters. The normalized spacial score (nSPS) is 18.4. The van der Waals surface area contributed by atoms with Crippen molar-refractivity contribution in [1.29, 1.82) is 0 Å². The number of amides is 2. The molecule has 2 aliphatic rings. The van der Waals surface area contributed by atoms with E-state index in [-0.39, 0.29) is 17.9 Å². The summed E-state index contributed by atoms with van der Waals surface area (Å²) in [7, 11) is 0. The average Bonchev–Trinajstić information content (AvgIpc) is 3.59. The molecule has 2 aromatic carbocycles. The summed E-state index contributed by atoms with van der Waals surface area (Å²) in [5.41, 5.74) is 4.28. The Labute approximate surface area is 212 Å². The predicted molar refractivity (Wildman–Crippen MR) is 139 cm³/mol. The van der Waals surface area contributed by atoms with Crippen LogP contribution in [0.25, 0.3) is 16.9 Å². The van der Waals surface area contributed by atoms with E-state index in [0.29, 0.717) is 43.2 Å². The third-order valence-electron chi connectivity index (χ3n) is 7.18. The zero-order chi connectivity index (χ0) is 24.9. The van der Waals surface area contributed by atoms with Gasteiger partial charge in [0.15, 0.2) is 0 Å². The molecule has 1 aromatic heterocycles. The van der Waals surface area contributed by atoms with Gasteiger partial charge in [-0.05, 0) is 56.7 Å². The van der Waals surface area contributed by atoms with Crippen molar-refractivity contribution in [2.24, 2.45) is 5.92 Å². The lowest BCUT2D eigenvalue weighted by Crippen LogP contribution is -2.40. The highest BCUT2D eigenvalue weighted by Gasteiger charge is 2.28. The monoisotopic (exact) mass is 486 g/mol. The molecule has 0 aliphatic carbocycles. The van der Waals surface area contributed by atoms with Gasteiger partial charge in [-0.1, -0.05) is 42.0 Å². The summed E-state index contributed by atoms with van der Waals surface area (Å²) < 4.78 is 7.38. The average molecular weight is 487 g/mol. The number of rotatable bonds is 7. The lowest BCUT2D eigenvalue weighted by Gasteiger charge is -2.31. The third-order valence-corrected chi connectivity index (χ3v) is 7.18. The van der Waals surface area contributed by atoms with Crippen molar-refractivity contribution in [2.45, 2.75) is 45.1 Å². The molecule has 188 valence electrons. The quantitative estimate of drug-likeness (QED) is 0.538. The molecule has 2 saturated heterocycles. The number of benzene rings is 2. The molecule has 36 heavy (non-hydrogen) atoms. The van der Waals surface area contributed by atoms with Crippen LogP contribution in [0, 0.1) is 12.8 Å². The minimum absolute atomic E-state index is 0.00466. The molecular formula is C29H34N4O3. The SMILES string of the molecule is Cc1cccc(-c2nn(-c3ccccc3)cc2C(=O)N2CCC(CC(=O)NC[C@H]3CCCO3)CC2)c1. The third kappa shape index (κ3) is 5.68. The zero-order valence-electron chi connectivity index (χ0n) is 20.9. The Morgan fingerprint density at radius 2 is 1.86 bits per heavy atom. The summed E-state index contributed by atoms with van der Waals surface area (Å²) >= 11 is 0. The van der Waals surface area contributed by atoms with Gasteiger partial charge in [0.25, 0.3) is 5.91 Å². The number of ether oxygens (including phenoxy) is 1. The number of hydrogen-bond donors (Lipinski definition) is 1. The van der Waals surface area contributed by atoms with Gasteiger partial charge < -0.3 is 15.0 Å². The van der Waals surface area contributed by atoms with E-state index in [1.54, 1.807) is 4.68 Å². The summed E-state index contributed by atoms with van der Waals surface area (Å²) in [5, 5.41) is 7.85. The van der Waals surface area contributed by atoms with E-state index in [1.807, 2.05) is 66.6 Å². The van der Waals surface area contributed by atoms with E-state index in [2.05, 4.69) is 11.4 Å². The van der Waals surface area contributed by atoms with Gasteiger partial charge in [0.05, 0.1) is 17.4 Å². The summed E-state index contributed by atoms with van der Waals surface area (Å²) in [4.78, 5) is 28.0. The van der Waals surface area contributed by atoms with Crippen molar-refractivity contribution in [3.05, 3.63) is 71.9 Å². The first-order valence-corrected chi connectivity index (χ1v) is 13.0. The number of carbonyl (C=O) groups is 2. The number of aryl methyl sites for hydroxylation is 1. The number of piperidine rings is 1. The van der Waals surface area contributed by atoms with Crippen LogP contribution in [0.5, 0.6) is 0 Å². The molecule has 0 spiro atoms. The Morgan fingerprint density at radius 3 is 2.58 bits per heavy atom. The fourth-order valence-electron chi connectivity index (χ4n) is 5.13. The summed E-state index contributed by atoms with van der Waals surface area (Å²) in [6.07, 6.45) is 6.26. The summed E-state index contributed by atoms with van der Waals surface area (Å²) in [6, 6.07) is 18.0. The molecule has 3 heterocycles. The first kappa shape index (κ1) is 24.3. The molecule has 3 aromatic rings. The van der Waals surface area contributed by atoms with Gasteiger partial charge >= 0.3 is 0 Å². The van der Waals surface area contributed by atoms with Crippen molar-refractivity contribution < 1.29 is 14.3 Å². The van der Waals surface area contributed by atoms with Crippen molar-refractivity contribution in [3.63, 3.8) is 0 Å². The highest BCUT2D eigenvalue weighted by atomic mass is 16.5. The minimum atomic E-state index is -0.00466. The number of para-hydroxylation sites is 1. The number of nitrogens with one attached hydrogen (secondary N) is 1. The van der Waals surface area contributed by atoms with Gasteiger partial charge in [-0.15, -0.1) is 0 Å². The van der Waals surface area contributed by atoms with Crippen LogP contribution in [0.15, 0.2) is 60.8 Å². The van der Waals surface area contributed by atoms with Gasteiger partial charge in [0.1, 0.15) is 5.69 Å². The smallest absolute Gasteiger partial charge is 0.257 e. The molecular weight excluding hydrogens is 452 g/mol. The van der Waals surface area contributed by atoms with E-state index < -0.39 is 0 Å². The van der Waals surface area contributed by atoms with Gasteiger partial charge in [-0.25, -0.2) is 4.68 Å². The number of hydrogen-bond acceptors (Lipinski definition) is 4. The van der Waals surface area contributed by atoms with Crippen LogP contribution in [0.1, 0.15) is 48.0 Å². The lowest BCUT2D eigenvalue weighted by atomic mass is 9.92. The molecule has 7 nitrogen and oxygen atoms in total. The van der Waals surface area contributed by atoms with E-state index >= 15 is 0 Å². The van der Waals surface area contributed by atoms with Crippen LogP contribution in [-0.2, 0) is 9.53 Å². The Morgan fingerprint density at radius 1 is 1.06 bits per heavy atom. The molecule has 0 bridgehead atoms. The topological polar surface area (TPSA) is 76.5 Å². The molecule has 0 unspecified atom stereocenters. The van der Waals surface area contributed by atoms with Crippen molar-refractivity contribution >= 4 is 11.8 Å². The summed E-state index contributed by atoms with van der Waals surface area (Å²) in [5.74, 6) is 0.373. The van der Waals surface area contributed by atoms with Gasteiger partial charge in [0, 0.05) is 44.4 Å². The Bertz CT molecular complexity index is 1190. The lowest BCUT2D eigenvalue weighted by molar-refractivity contribution is -0.122. The second-order valence-electron chi connectivity index (χ2n) is 9.92. The zero-order valence-corrected chi connectivity index (χ0v) is 20.9. The number of carbonyl (C=O) groups excluding carboxylic acids is 2. The number of nitrogens with zero attached hydrogens (tertiary/aromatic N) is 3. The molecule has 7 heteroatoms. The maximum Gasteiger partial charge on any atom is 0.257 e. The van der Waals surface area contributed by atoms with Crippen LogP contribution in [0.4, 0.5) is 0 Å². The molecule has 0 saturated carbocycles. The van der Waals surface area contributed by atoms with Crippen LogP contribution in [-0.4, -0.2) is 58.8 Å². The highest BCUT2D eigenvalue weighted by molar-refractivity contribution is 6.00. The van der Waals surface area contributed by atoms with E-state index in [1.165, 1.54) is 0 Å². The van der Waals surface area contributed by atoms with Crippen LogP contribution in [0.3, 0.4) is 0 Å². The van der Waals surface area contributed by atoms with E-state index in [9.17, 15) is 9.59 Å². The standard InChI is InChI=1S/C29H34N4O3/c1-21-7-5-8-23(17-21)28-26(20-33(31-28)24-9-3-2-4-10-24)29(35)32-14-12-22(13-15-32)18-27(34)30-19-25-11-6-16-36-25/h2-5,7-10,17,20,22,25H,6,11-16,18-19H2,1H3,(H,30,34)/t25-/m1/s1. The fourth-order valence-corrected chi connectivity index (χ4v) is 5.13. The number of aromatic nitrogens is 2. The first-order valence-electron chi connectivity index (χ1n) is 13.0. The first-order chi connectivity index (χ1) is 17.6. The molecule has 2 fully saturated rings. The molecule has 2 aliphatic heterocycles. The fraction of sp³-hybridized carbons (Fsp3) is 0.414. The second kappa shape index (κ2) is 11.1. The molecule has 1 N–H and O–H groups in total. The Kier molecular flexibility index (Phi) is 7.47. The van der Waals surface area contributed by atoms with Crippen molar-refractivity contribution in [2.75, 3.05) is 26.2 Å². The van der Waals surface area contributed by atoms with Crippen molar-refractivity contribution in [1.82, 2.24) is 20.0 Å². The van der Waals surface area contributed by atoms with Crippen LogP contribution >= 0.6 is 0 Å². The Balaban J connectivity index is 1.26. The van der Waals surface area contributed by atoms with Gasteiger partial charge in [-0.3, -0.25) is 9.59 Å². The maximum atomic E-state index is 13.7. The Hall–Kier alpha value is -3.45. The number of likely N-dealkylation sites (tertiary alicyclic amines) is 1.